The molecule has 3 aromatic rings. The summed E-state index contributed by atoms with van der Waals surface area (Å²) in [5, 5.41) is 16.3. The Labute approximate surface area is 156 Å². The van der Waals surface area contributed by atoms with Gasteiger partial charge in [0.1, 0.15) is 5.02 Å². The first-order valence-corrected chi connectivity index (χ1v) is 8.54. The zero-order valence-corrected chi connectivity index (χ0v) is 14.7. The summed E-state index contributed by atoms with van der Waals surface area (Å²) in [6.07, 6.45) is 0. The van der Waals surface area contributed by atoms with E-state index in [-0.39, 0.29) is 16.3 Å². The monoisotopic (exact) mass is 393 g/mol. The lowest BCUT2D eigenvalue weighted by Crippen LogP contribution is -2.12. The Morgan fingerprint density at radius 3 is 2.56 bits per heavy atom. The predicted molar refractivity (Wildman–Crippen MR) is 98.6 cm³/mol. The van der Waals surface area contributed by atoms with Crippen LogP contribution in [0.1, 0.15) is 10.4 Å². The first kappa shape index (κ1) is 17.3. The molecule has 0 bridgehead atoms. The molecule has 0 aliphatic heterocycles. The van der Waals surface area contributed by atoms with Crippen molar-refractivity contribution >= 4 is 51.3 Å². The molecule has 3 rings (SSSR count). The van der Waals surface area contributed by atoms with Gasteiger partial charge in [-0.2, -0.15) is 0 Å². The summed E-state index contributed by atoms with van der Waals surface area (Å²) in [4.78, 5) is 26.9. The van der Waals surface area contributed by atoms with Crippen molar-refractivity contribution in [2.24, 2.45) is 0 Å². The molecule has 9 heteroatoms. The number of nitrogens with zero attached hydrogens (tertiary/aromatic N) is 2. The van der Waals surface area contributed by atoms with Gasteiger partial charge >= 0.3 is 0 Å². The van der Waals surface area contributed by atoms with Gasteiger partial charge in [0.15, 0.2) is 5.13 Å². The quantitative estimate of drug-likeness (QED) is 0.482. The molecule has 1 heterocycles. The van der Waals surface area contributed by atoms with E-state index in [0.29, 0.717) is 15.8 Å². The molecule has 2 aromatic carbocycles. The number of thiazole rings is 1. The van der Waals surface area contributed by atoms with Crippen LogP contribution in [0.2, 0.25) is 10.0 Å². The molecule has 25 heavy (non-hydrogen) atoms. The fourth-order valence-electron chi connectivity index (χ4n) is 2.05. The summed E-state index contributed by atoms with van der Waals surface area (Å²) in [5.41, 5.74) is 1.36. The molecule has 0 aliphatic rings. The van der Waals surface area contributed by atoms with Crippen LogP contribution in [0.15, 0.2) is 47.8 Å². The Morgan fingerprint density at radius 1 is 1.16 bits per heavy atom. The van der Waals surface area contributed by atoms with Gasteiger partial charge in [0.2, 0.25) is 0 Å². The highest BCUT2D eigenvalue weighted by Crippen LogP contribution is 2.28. The van der Waals surface area contributed by atoms with Crippen LogP contribution in [0, 0.1) is 10.1 Å². The number of rotatable bonds is 4. The van der Waals surface area contributed by atoms with Gasteiger partial charge < -0.3 is 0 Å². The summed E-state index contributed by atoms with van der Waals surface area (Å²) < 4.78 is 0. The van der Waals surface area contributed by atoms with Gasteiger partial charge in [0.25, 0.3) is 11.6 Å². The van der Waals surface area contributed by atoms with Crippen LogP contribution in [0.4, 0.5) is 10.8 Å². The van der Waals surface area contributed by atoms with Crippen LogP contribution in [0.3, 0.4) is 0 Å². The first-order valence-electron chi connectivity index (χ1n) is 6.91. The SMILES string of the molecule is O=C(Nc1nc(-c2ccc(Cl)cc2)cs1)c1ccc(Cl)c([N+](=O)[O-])c1. The summed E-state index contributed by atoms with van der Waals surface area (Å²) in [7, 11) is 0. The highest BCUT2D eigenvalue weighted by molar-refractivity contribution is 7.14. The Morgan fingerprint density at radius 2 is 1.88 bits per heavy atom. The number of amides is 1. The number of benzene rings is 2. The fourth-order valence-corrected chi connectivity index (χ4v) is 3.07. The van der Waals surface area contributed by atoms with E-state index < -0.39 is 10.8 Å². The average molecular weight is 394 g/mol. The molecule has 6 nitrogen and oxygen atoms in total. The van der Waals surface area contributed by atoms with Gasteiger partial charge in [-0.3, -0.25) is 20.2 Å². The van der Waals surface area contributed by atoms with Crippen LogP contribution < -0.4 is 5.32 Å². The number of anilines is 1. The number of hydrogen-bond donors (Lipinski definition) is 1. The van der Waals surface area contributed by atoms with Crippen LogP contribution in [0.25, 0.3) is 11.3 Å². The van der Waals surface area contributed by atoms with E-state index in [4.69, 9.17) is 23.2 Å². The van der Waals surface area contributed by atoms with Crippen LogP contribution in [-0.2, 0) is 0 Å². The molecule has 0 atom stereocenters. The molecule has 0 spiro atoms. The van der Waals surface area contributed by atoms with Crippen LogP contribution in [0.5, 0.6) is 0 Å². The largest absolute Gasteiger partial charge is 0.298 e. The maximum atomic E-state index is 12.3. The highest BCUT2D eigenvalue weighted by Gasteiger charge is 2.17. The van der Waals surface area contributed by atoms with Crippen molar-refractivity contribution in [2.75, 3.05) is 5.32 Å². The molecule has 0 radical (unpaired) electrons. The second kappa shape index (κ2) is 7.18. The van der Waals surface area contributed by atoms with Gasteiger partial charge in [-0.1, -0.05) is 35.3 Å². The molecule has 126 valence electrons. The summed E-state index contributed by atoms with van der Waals surface area (Å²) in [5.74, 6) is -0.503. The van der Waals surface area contributed by atoms with E-state index in [2.05, 4.69) is 10.3 Å². The van der Waals surface area contributed by atoms with Gasteiger partial charge in [0.05, 0.1) is 10.6 Å². The number of hydrogen-bond acceptors (Lipinski definition) is 5. The number of halogens is 2. The third kappa shape index (κ3) is 3.96. The number of nitrogens with one attached hydrogen (secondary N) is 1. The van der Waals surface area contributed by atoms with Gasteiger partial charge in [-0.05, 0) is 24.3 Å². The van der Waals surface area contributed by atoms with Crippen molar-refractivity contribution in [2.45, 2.75) is 0 Å². The van der Waals surface area contributed by atoms with Crippen molar-refractivity contribution < 1.29 is 9.72 Å². The maximum absolute atomic E-state index is 12.3. The molecule has 1 N–H and O–H groups in total. The molecule has 1 amide bonds. The lowest BCUT2D eigenvalue weighted by atomic mass is 10.2. The van der Waals surface area contributed by atoms with Crippen LogP contribution in [-0.4, -0.2) is 15.8 Å². The van der Waals surface area contributed by atoms with E-state index in [9.17, 15) is 14.9 Å². The third-order valence-corrected chi connectivity index (χ3v) is 4.60. The van der Waals surface area contributed by atoms with Crippen molar-refractivity contribution in [3.63, 3.8) is 0 Å². The van der Waals surface area contributed by atoms with Crippen LogP contribution >= 0.6 is 34.5 Å². The second-order valence-electron chi connectivity index (χ2n) is 4.92. The minimum absolute atomic E-state index is 0.0270. The fraction of sp³-hybridized carbons (Fsp3) is 0. The highest BCUT2D eigenvalue weighted by atomic mass is 35.5. The zero-order valence-electron chi connectivity index (χ0n) is 12.4. The molecule has 0 fully saturated rings. The van der Waals surface area contributed by atoms with E-state index in [0.717, 1.165) is 11.6 Å². The molecular formula is C16H9Cl2N3O3S. The summed E-state index contributed by atoms with van der Waals surface area (Å²) in [6, 6.07) is 11.0. The second-order valence-corrected chi connectivity index (χ2v) is 6.62. The molecule has 1 aromatic heterocycles. The molecular weight excluding hydrogens is 385 g/mol. The third-order valence-electron chi connectivity index (χ3n) is 3.27. The van der Waals surface area contributed by atoms with Gasteiger partial charge in [0, 0.05) is 27.6 Å². The number of aromatic nitrogens is 1. The van der Waals surface area contributed by atoms with E-state index in [1.807, 2.05) is 12.1 Å². The number of nitro groups is 1. The normalized spacial score (nSPS) is 10.5. The summed E-state index contributed by atoms with van der Waals surface area (Å²) in [6.45, 7) is 0. The average Bonchev–Trinajstić information content (AvgIpc) is 3.04. The van der Waals surface area contributed by atoms with E-state index in [1.54, 1.807) is 17.5 Å². The Kier molecular flexibility index (Phi) is 4.98. The number of carbonyl (C=O) groups is 1. The Bertz CT molecular complexity index is 958. The van der Waals surface area contributed by atoms with Crippen molar-refractivity contribution in [3.8, 4) is 11.3 Å². The van der Waals surface area contributed by atoms with E-state index >= 15 is 0 Å². The topological polar surface area (TPSA) is 85.1 Å². The zero-order chi connectivity index (χ0) is 18.0. The lowest BCUT2D eigenvalue weighted by Gasteiger charge is -2.02. The molecule has 0 saturated heterocycles. The molecule has 0 aliphatic carbocycles. The number of carbonyl (C=O) groups excluding carboxylic acids is 1. The first-order chi connectivity index (χ1) is 11.9. The van der Waals surface area contributed by atoms with Gasteiger partial charge in [-0.15, -0.1) is 11.3 Å². The maximum Gasteiger partial charge on any atom is 0.288 e. The minimum Gasteiger partial charge on any atom is -0.298 e. The predicted octanol–water partition coefficient (Wildman–Crippen LogP) is 5.28. The number of nitro benzene ring substituents is 1. The van der Waals surface area contributed by atoms with Crippen molar-refractivity contribution in [1.29, 1.82) is 0 Å². The lowest BCUT2D eigenvalue weighted by molar-refractivity contribution is -0.384. The Hall–Kier alpha value is -2.48. The van der Waals surface area contributed by atoms with E-state index in [1.165, 1.54) is 23.5 Å². The van der Waals surface area contributed by atoms with Crippen molar-refractivity contribution in [1.82, 2.24) is 4.98 Å². The summed E-state index contributed by atoms with van der Waals surface area (Å²) >= 11 is 12.8. The minimum atomic E-state index is -0.638. The standard InChI is InChI=1S/C16H9Cl2N3O3S/c17-11-4-1-9(2-5-11)13-8-25-16(19-13)20-15(22)10-3-6-12(18)14(7-10)21(23)24/h1-8H,(H,19,20,22). The van der Waals surface area contributed by atoms with Gasteiger partial charge in [-0.25, -0.2) is 4.98 Å². The molecule has 0 saturated carbocycles. The smallest absolute Gasteiger partial charge is 0.288 e. The van der Waals surface area contributed by atoms with Crippen molar-refractivity contribution in [3.05, 3.63) is 73.6 Å². The Balaban J connectivity index is 1.79. The molecule has 0 unspecified atom stereocenters.